The number of carboxylic acid groups (broad SMARTS) is 1. The minimum atomic E-state index is -0.814. The highest BCUT2D eigenvalue weighted by molar-refractivity contribution is 7.09. The van der Waals surface area contributed by atoms with Crippen LogP contribution < -0.4 is 10.1 Å². The molecule has 3 rings (SSSR count). The molecule has 0 saturated carbocycles. The molecule has 0 radical (unpaired) electrons. The highest BCUT2D eigenvalue weighted by Crippen LogP contribution is 2.35. The highest BCUT2D eigenvalue weighted by atomic mass is 32.1. The molecule has 0 aliphatic rings. The smallest absolute Gasteiger partial charge is 0.304 e. The van der Waals surface area contributed by atoms with Gasteiger partial charge in [-0.2, -0.15) is 4.37 Å². The van der Waals surface area contributed by atoms with Crippen molar-refractivity contribution in [3.05, 3.63) is 58.9 Å². The van der Waals surface area contributed by atoms with Crippen molar-refractivity contribution in [3.8, 4) is 27.7 Å². The average molecular weight is 451 g/mol. The molecule has 0 saturated heterocycles. The Bertz CT molecular complexity index is 1130. The Kier molecular flexibility index (Phi) is 7.92. The Morgan fingerprint density at radius 3 is 2.81 bits per heavy atom. The molecule has 0 atom stereocenters. The van der Waals surface area contributed by atoms with Crippen LogP contribution in [0.5, 0.6) is 5.75 Å². The third-order valence-electron chi connectivity index (χ3n) is 4.81. The van der Waals surface area contributed by atoms with Crippen molar-refractivity contribution < 1.29 is 14.6 Å². The lowest BCUT2D eigenvalue weighted by Gasteiger charge is -2.12. The Morgan fingerprint density at radius 1 is 1.31 bits per heavy atom. The Morgan fingerprint density at radius 2 is 2.12 bits per heavy atom. The summed E-state index contributed by atoms with van der Waals surface area (Å²) in [7, 11) is 0. The number of aliphatic carboxylic acids is 1. The normalized spacial score (nSPS) is 10.8. The van der Waals surface area contributed by atoms with E-state index in [4.69, 9.17) is 21.4 Å². The fourth-order valence-corrected chi connectivity index (χ4v) is 4.06. The van der Waals surface area contributed by atoms with Crippen LogP contribution in [0.2, 0.25) is 0 Å². The second-order valence-electron chi connectivity index (χ2n) is 7.50. The van der Waals surface area contributed by atoms with Crippen LogP contribution in [0.25, 0.3) is 26.8 Å². The van der Waals surface area contributed by atoms with Gasteiger partial charge in [0.2, 0.25) is 5.69 Å². The largest absolute Gasteiger partial charge is 0.502 e. The quantitative estimate of drug-likeness (QED) is 0.320. The number of carbonyl (C=O) groups is 1. The van der Waals surface area contributed by atoms with Crippen molar-refractivity contribution in [2.24, 2.45) is 0 Å². The summed E-state index contributed by atoms with van der Waals surface area (Å²) in [6.07, 6.45) is 0.892. The molecule has 0 unspecified atom stereocenters. The number of benzene rings is 2. The van der Waals surface area contributed by atoms with Gasteiger partial charge in [0.05, 0.1) is 19.1 Å². The minimum Gasteiger partial charge on any atom is -0.502 e. The molecule has 7 nitrogen and oxygen atoms in total. The molecule has 0 fully saturated rings. The summed E-state index contributed by atoms with van der Waals surface area (Å²) in [4.78, 5) is 19.1. The number of ether oxygens (including phenoxy) is 1. The molecule has 0 aliphatic heterocycles. The molecule has 2 N–H and O–H groups in total. The maximum atomic E-state index is 10.7. The Hall–Kier alpha value is -3.28. The maximum Gasteiger partial charge on any atom is 0.304 e. The molecule has 0 bridgehead atoms. The summed E-state index contributed by atoms with van der Waals surface area (Å²) >= 11 is 1.30. The summed E-state index contributed by atoms with van der Waals surface area (Å²) < 4.78 is 10.3. The number of hydrogen-bond donors (Lipinski definition) is 2. The predicted octanol–water partition coefficient (Wildman–Crippen LogP) is 5.34. The summed E-state index contributed by atoms with van der Waals surface area (Å²) in [5.41, 5.74) is 4.51. The minimum absolute atomic E-state index is 0.00663. The van der Waals surface area contributed by atoms with Crippen LogP contribution in [-0.2, 0) is 17.8 Å². The van der Waals surface area contributed by atoms with Gasteiger partial charge in [-0.25, -0.2) is 9.83 Å². The number of nitrogens with one attached hydrogen (secondary N) is 1. The van der Waals surface area contributed by atoms with Crippen molar-refractivity contribution in [3.63, 3.8) is 0 Å². The SMILES string of the molecule is [C-]#[N+]c1cc(-c2nc(-c3cccc(CNCCC(=O)O)c3CC)ns2)ccc1OC(C)C. The van der Waals surface area contributed by atoms with Crippen LogP contribution in [0.4, 0.5) is 5.69 Å². The number of carboxylic acids is 1. The standard InChI is InChI=1S/C24H26N4O3S/c1-5-18-17(14-26-12-11-22(29)30)7-6-8-19(18)23-27-24(32-28-23)16-9-10-21(31-15(2)3)20(13-16)25-4/h6-10,13,15,26H,5,11-12,14H2,1-3H3,(H,29,30). The second-order valence-corrected chi connectivity index (χ2v) is 8.25. The van der Waals surface area contributed by atoms with Gasteiger partial charge in [0.25, 0.3) is 0 Å². The fraction of sp³-hybridized carbons (Fsp3) is 0.333. The molecule has 2 aromatic carbocycles. The van der Waals surface area contributed by atoms with Gasteiger partial charge in [-0.3, -0.25) is 4.79 Å². The topological polar surface area (TPSA) is 88.7 Å². The summed E-state index contributed by atoms with van der Waals surface area (Å²) in [6.45, 7) is 14.4. The molecular weight excluding hydrogens is 424 g/mol. The first-order valence-electron chi connectivity index (χ1n) is 10.5. The zero-order valence-electron chi connectivity index (χ0n) is 18.4. The number of hydrogen-bond acceptors (Lipinski definition) is 6. The Balaban J connectivity index is 1.86. The number of nitrogens with zero attached hydrogens (tertiary/aromatic N) is 3. The van der Waals surface area contributed by atoms with Crippen LogP contribution in [0, 0.1) is 6.57 Å². The third-order valence-corrected chi connectivity index (χ3v) is 5.58. The molecule has 8 heteroatoms. The van der Waals surface area contributed by atoms with E-state index < -0.39 is 5.97 Å². The van der Waals surface area contributed by atoms with E-state index in [1.807, 2.05) is 44.2 Å². The fourth-order valence-electron chi connectivity index (χ4n) is 3.39. The Labute approximate surface area is 192 Å². The van der Waals surface area contributed by atoms with E-state index in [9.17, 15) is 4.79 Å². The van der Waals surface area contributed by atoms with Crippen molar-refractivity contribution in [2.45, 2.75) is 46.3 Å². The first-order valence-corrected chi connectivity index (χ1v) is 11.3. The van der Waals surface area contributed by atoms with E-state index in [0.717, 1.165) is 33.7 Å². The van der Waals surface area contributed by atoms with Crippen LogP contribution >= 0.6 is 11.5 Å². The molecule has 166 valence electrons. The van der Waals surface area contributed by atoms with Crippen molar-refractivity contribution in [1.82, 2.24) is 14.7 Å². The zero-order chi connectivity index (χ0) is 23.1. The van der Waals surface area contributed by atoms with Gasteiger partial charge in [0, 0.05) is 24.2 Å². The molecular formula is C24H26N4O3S. The average Bonchev–Trinajstić information content (AvgIpc) is 3.26. The molecule has 1 heterocycles. The van der Waals surface area contributed by atoms with Crippen LogP contribution in [-0.4, -0.2) is 33.1 Å². The molecule has 32 heavy (non-hydrogen) atoms. The van der Waals surface area contributed by atoms with Gasteiger partial charge in [-0.05, 0) is 55.1 Å². The lowest BCUT2D eigenvalue weighted by molar-refractivity contribution is -0.136. The van der Waals surface area contributed by atoms with Gasteiger partial charge in [0.15, 0.2) is 5.82 Å². The van der Waals surface area contributed by atoms with E-state index in [2.05, 4.69) is 21.5 Å². The molecule has 0 spiro atoms. The molecule has 0 aliphatic carbocycles. The van der Waals surface area contributed by atoms with Gasteiger partial charge in [-0.1, -0.05) is 31.2 Å². The molecule has 0 amide bonds. The number of rotatable bonds is 10. The van der Waals surface area contributed by atoms with Gasteiger partial charge >= 0.3 is 5.97 Å². The summed E-state index contributed by atoms with van der Waals surface area (Å²) in [6, 6.07) is 11.5. The zero-order valence-corrected chi connectivity index (χ0v) is 19.2. The van der Waals surface area contributed by atoms with Gasteiger partial charge < -0.3 is 15.2 Å². The van der Waals surface area contributed by atoms with Crippen molar-refractivity contribution in [2.75, 3.05) is 6.54 Å². The van der Waals surface area contributed by atoms with E-state index in [1.54, 1.807) is 6.07 Å². The second kappa shape index (κ2) is 10.8. The lowest BCUT2D eigenvalue weighted by atomic mass is 9.98. The number of aromatic nitrogens is 2. The van der Waals surface area contributed by atoms with Crippen LogP contribution in [0.3, 0.4) is 0 Å². The van der Waals surface area contributed by atoms with E-state index >= 15 is 0 Å². The predicted molar refractivity (Wildman–Crippen MR) is 126 cm³/mol. The first-order chi connectivity index (χ1) is 15.4. The third kappa shape index (κ3) is 5.69. The summed E-state index contributed by atoms with van der Waals surface area (Å²) in [5, 5.41) is 12.7. The van der Waals surface area contributed by atoms with Crippen LogP contribution in [0.1, 0.15) is 38.3 Å². The monoisotopic (exact) mass is 450 g/mol. The van der Waals surface area contributed by atoms with E-state index in [-0.39, 0.29) is 12.5 Å². The van der Waals surface area contributed by atoms with Crippen molar-refractivity contribution in [1.29, 1.82) is 0 Å². The van der Waals surface area contributed by atoms with E-state index in [1.165, 1.54) is 11.5 Å². The van der Waals surface area contributed by atoms with Crippen molar-refractivity contribution >= 4 is 23.2 Å². The van der Waals surface area contributed by atoms with Gasteiger partial charge in [-0.15, -0.1) is 0 Å². The molecule has 3 aromatic rings. The molecule has 1 aromatic heterocycles. The van der Waals surface area contributed by atoms with Crippen LogP contribution in [0.15, 0.2) is 36.4 Å². The first kappa shape index (κ1) is 23.4. The lowest BCUT2D eigenvalue weighted by Crippen LogP contribution is -2.18. The maximum absolute atomic E-state index is 10.7. The highest BCUT2D eigenvalue weighted by Gasteiger charge is 2.16. The van der Waals surface area contributed by atoms with E-state index in [0.29, 0.717) is 30.4 Å². The summed E-state index contributed by atoms with van der Waals surface area (Å²) in [5.74, 6) is 0.410. The van der Waals surface area contributed by atoms with Gasteiger partial charge in [0.1, 0.15) is 10.8 Å².